The van der Waals surface area contributed by atoms with Gasteiger partial charge < -0.3 is 19.5 Å². The van der Waals surface area contributed by atoms with Crippen LogP contribution in [0.1, 0.15) is 15.9 Å². The molecule has 0 aliphatic rings. The number of nitrogens with zero attached hydrogens (tertiary/aromatic N) is 2. The Labute approximate surface area is 157 Å². The van der Waals surface area contributed by atoms with Gasteiger partial charge in [0.15, 0.2) is 11.5 Å². The second-order valence-electron chi connectivity index (χ2n) is 5.84. The van der Waals surface area contributed by atoms with Crippen LogP contribution < -0.4 is 14.4 Å². The summed E-state index contributed by atoms with van der Waals surface area (Å²) in [5.74, 6) is 0.257. The van der Waals surface area contributed by atoms with Crippen LogP contribution in [0.25, 0.3) is 0 Å². The number of benzene rings is 2. The fourth-order valence-electron chi connectivity index (χ4n) is 2.81. The molecule has 3 rings (SSSR count). The van der Waals surface area contributed by atoms with Crippen LogP contribution in [-0.2, 0) is 6.54 Å². The lowest BCUT2D eigenvalue weighted by Crippen LogP contribution is -2.17. The van der Waals surface area contributed by atoms with Gasteiger partial charge in [-0.3, -0.25) is 4.98 Å². The van der Waals surface area contributed by atoms with E-state index in [0.29, 0.717) is 18.0 Å². The van der Waals surface area contributed by atoms with Crippen LogP contribution in [0.4, 0.5) is 11.4 Å². The molecule has 138 valence electrons. The number of carboxylic acid groups (broad SMARTS) is 1. The number of carboxylic acids is 1. The summed E-state index contributed by atoms with van der Waals surface area (Å²) in [5.41, 5.74) is 2.82. The molecule has 0 aliphatic carbocycles. The van der Waals surface area contributed by atoms with E-state index in [1.807, 2.05) is 41.3 Å². The van der Waals surface area contributed by atoms with E-state index >= 15 is 0 Å². The van der Waals surface area contributed by atoms with E-state index in [2.05, 4.69) is 4.98 Å². The Bertz CT molecular complexity index is 928. The summed E-state index contributed by atoms with van der Waals surface area (Å²) < 4.78 is 10.7. The first-order chi connectivity index (χ1) is 13.1. The number of aromatic nitrogens is 1. The quantitative estimate of drug-likeness (QED) is 0.679. The maximum atomic E-state index is 11.4. The highest BCUT2D eigenvalue weighted by molar-refractivity contribution is 5.89. The number of methoxy groups -OCH3 is 2. The summed E-state index contributed by atoms with van der Waals surface area (Å²) in [5, 5.41) is 9.34. The number of carbonyl (C=O) groups is 1. The second kappa shape index (κ2) is 8.23. The van der Waals surface area contributed by atoms with Crippen LogP contribution in [0, 0.1) is 0 Å². The van der Waals surface area contributed by atoms with Gasteiger partial charge in [-0.05, 0) is 42.0 Å². The SMILES string of the molecule is COc1ccc(N(Cc2cccnc2)c2cccc(C(=O)O)c2)cc1OC. The summed E-state index contributed by atoms with van der Waals surface area (Å²) in [6.45, 7) is 0.520. The minimum Gasteiger partial charge on any atom is -0.493 e. The zero-order chi connectivity index (χ0) is 19.2. The van der Waals surface area contributed by atoms with Gasteiger partial charge in [-0.15, -0.1) is 0 Å². The number of hydrogen-bond donors (Lipinski definition) is 1. The number of aromatic carboxylic acids is 1. The lowest BCUT2D eigenvalue weighted by Gasteiger charge is -2.26. The zero-order valence-corrected chi connectivity index (χ0v) is 15.1. The van der Waals surface area contributed by atoms with Crippen molar-refractivity contribution in [2.75, 3.05) is 19.1 Å². The molecule has 0 amide bonds. The van der Waals surface area contributed by atoms with Crippen molar-refractivity contribution in [3.05, 3.63) is 78.1 Å². The van der Waals surface area contributed by atoms with Crippen LogP contribution in [-0.4, -0.2) is 30.3 Å². The molecule has 0 fully saturated rings. The van der Waals surface area contributed by atoms with Gasteiger partial charge in [0.1, 0.15) is 0 Å². The first-order valence-electron chi connectivity index (χ1n) is 8.34. The Morgan fingerprint density at radius 2 is 1.78 bits per heavy atom. The minimum absolute atomic E-state index is 0.226. The molecule has 0 saturated carbocycles. The second-order valence-corrected chi connectivity index (χ2v) is 5.84. The van der Waals surface area contributed by atoms with Gasteiger partial charge in [0.2, 0.25) is 0 Å². The van der Waals surface area contributed by atoms with Crippen LogP contribution in [0.3, 0.4) is 0 Å². The first kappa shape index (κ1) is 18.3. The number of pyridine rings is 1. The zero-order valence-electron chi connectivity index (χ0n) is 15.1. The standard InChI is InChI=1S/C21H20N2O4/c1-26-19-9-8-18(12-20(19)27-2)23(14-15-5-4-10-22-13-15)17-7-3-6-16(11-17)21(24)25/h3-13H,14H2,1-2H3,(H,24,25). The van der Waals surface area contributed by atoms with Crippen molar-refractivity contribution in [1.29, 1.82) is 0 Å². The van der Waals surface area contributed by atoms with Crippen molar-refractivity contribution >= 4 is 17.3 Å². The Balaban J connectivity index is 2.07. The topological polar surface area (TPSA) is 71.9 Å². The molecule has 1 aromatic heterocycles. The maximum Gasteiger partial charge on any atom is 0.335 e. The summed E-state index contributed by atoms with van der Waals surface area (Å²) >= 11 is 0. The molecular formula is C21H20N2O4. The highest BCUT2D eigenvalue weighted by Crippen LogP contribution is 2.35. The molecule has 3 aromatic rings. The third-order valence-corrected chi connectivity index (χ3v) is 4.15. The third-order valence-electron chi connectivity index (χ3n) is 4.15. The average Bonchev–Trinajstić information content (AvgIpc) is 2.72. The largest absolute Gasteiger partial charge is 0.493 e. The number of ether oxygens (including phenoxy) is 2. The van der Waals surface area contributed by atoms with Crippen molar-refractivity contribution in [3.8, 4) is 11.5 Å². The van der Waals surface area contributed by atoms with Crippen molar-refractivity contribution in [1.82, 2.24) is 4.98 Å². The molecule has 0 atom stereocenters. The third kappa shape index (κ3) is 4.17. The molecule has 6 heteroatoms. The maximum absolute atomic E-state index is 11.4. The summed E-state index contributed by atoms with van der Waals surface area (Å²) in [6, 6.07) is 16.3. The fraction of sp³-hybridized carbons (Fsp3) is 0.143. The normalized spacial score (nSPS) is 10.3. The smallest absolute Gasteiger partial charge is 0.335 e. The monoisotopic (exact) mass is 364 g/mol. The van der Waals surface area contributed by atoms with Gasteiger partial charge in [0.25, 0.3) is 0 Å². The van der Waals surface area contributed by atoms with Gasteiger partial charge in [0.05, 0.1) is 19.8 Å². The van der Waals surface area contributed by atoms with E-state index in [0.717, 1.165) is 16.9 Å². The molecule has 0 bridgehead atoms. The van der Waals surface area contributed by atoms with Crippen LogP contribution in [0.5, 0.6) is 11.5 Å². The first-order valence-corrected chi connectivity index (χ1v) is 8.34. The molecular weight excluding hydrogens is 344 g/mol. The van der Waals surface area contributed by atoms with Crippen molar-refractivity contribution < 1.29 is 19.4 Å². The molecule has 0 saturated heterocycles. The lowest BCUT2D eigenvalue weighted by atomic mass is 10.1. The summed E-state index contributed by atoms with van der Waals surface area (Å²) in [6.07, 6.45) is 3.50. The molecule has 1 heterocycles. The van der Waals surface area contributed by atoms with Gasteiger partial charge in [-0.2, -0.15) is 0 Å². The van der Waals surface area contributed by atoms with Crippen LogP contribution in [0.15, 0.2) is 67.0 Å². The highest BCUT2D eigenvalue weighted by Gasteiger charge is 2.15. The fourth-order valence-corrected chi connectivity index (χ4v) is 2.81. The van der Waals surface area contributed by atoms with E-state index in [4.69, 9.17) is 9.47 Å². The van der Waals surface area contributed by atoms with E-state index in [9.17, 15) is 9.90 Å². The Hall–Kier alpha value is -3.54. The molecule has 0 aliphatic heterocycles. The highest BCUT2D eigenvalue weighted by atomic mass is 16.5. The molecule has 1 N–H and O–H groups in total. The lowest BCUT2D eigenvalue weighted by molar-refractivity contribution is 0.0697. The molecule has 0 radical (unpaired) electrons. The van der Waals surface area contributed by atoms with Gasteiger partial charge in [-0.25, -0.2) is 4.79 Å². The predicted molar refractivity (Wildman–Crippen MR) is 103 cm³/mol. The van der Waals surface area contributed by atoms with Crippen molar-refractivity contribution in [2.24, 2.45) is 0 Å². The van der Waals surface area contributed by atoms with Crippen LogP contribution in [0.2, 0.25) is 0 Å². The number of rotatable bonds is 7. The van der Waals surface area contributed by atoms with E-state index in [1.54, 1.807) is 44.8 Å². The minimum atomic E-state index is -0.967. The molecule has 0 spiro atoms. The van der Waals surface area contributed by atoms with E-state index < -0.39 is 5.97 Å². The Morgan fingerprint density at radius 1 is 1.00 bits per heavy atom. The summed E-state index contributed by atoms with van der Waals surface area (Å²) in [4.78, 5) is 17.6. The van der Waals surface area contributed by atoms with Crippen LogP contribution >= 0.6 is 0 Å². The molecule has 0 unspecified atom stereocenters. The number of hydrogen-bond acceptors (Lipinski definition) is 5. The average molecular weight is 364 g/mol. The number of anilines is 2. The van der Waals surface area contributed by atoms with Gasteiger partial charge in [0, 0.05) is 36.4 Å². The van der Waals surface area contributed by atoms with Crippen molar-refractivity contribution in [2.45, 2.75) is 6.54 Å². The van der Waals surface area contributed by atoms with Gasteiger partial charge in [-0.1, -0.05) is 12.1 Å². The van der Waals surface area contributed by atoms with E-state index in [-0.39, 0.29) is 5.56 Å². The molecule has 2 aromatic carbocycles. The Kier molecular flexibility index (Phi) is 5.56. The summed E-state index contributed by atoms with van der Waals surface area (Å²) in [7, 11) is 3.17. The molecule has 27 heavy (non-hydrogen) atoms. The Morgan fingerprint density at radius 3 is 2.44 bits per heavy atom. The van der Waals surface area contributed by atoms with Gasteiger partial charge >= 0.3 is 5.97 Å². The van der Waals surface area contributed by atoms with E-state index in [1.165, 1.54) is 0 Å². The predicted octanol–water partition coefficient (Wildman–Crippen LogP) is 4.14. The molecule has 6 nitrogen and oxygen atoms in total. The van der Waals surface area contributed by atoms with Crippen molar-refractivity contribution in [3.63, 3.8) is 0 Å².